The molecule has 0 aromatic carbocycles. The zero-order valence-corrected chi connectivity index (χ0v) is 17.4. The second-order valence-corrected chi connectivity index (χ2v) is 7.96. The molecule has 7 nitrogen and oxygen atoms in total. The van der Waals surface area contributed by atoms with Crippen LogP contribution in [-0.2, 0) is 16.0 Å². The van der Waals surface area contributed by atoms with Crippen LogP contribution in [-0.4, -0.2) is 57.9 Å². The van der Waals surface area contributed by atoms with E-state index in [1.807, 2.05) is 41.2 Å². The van der Waals surface area contributed by atoms with Gasteiger partial charge in [0, 0.05) is 44.9 Å². The molecule has 3 rings (SSSR count). The molecule has 2 amide bonds. The second-order valence-electron chi connectivity index (χ2n) is 7.01. The number of aromatic nitrogens is 2. The van der Waals surface area contributed by atoms with Gasteiger partial charge in [0.15, 0.2) is 0 Å². The first kappa shape index (κ1) is 20.5. The number of thiophene rings is 1. The monoisotopic (exact) mass is 404 g/mol. The van der Waals surface area contributed by atoms with Gasteiger partial charge in [-0.05, 0) is 44.6 Å². The molecule has 0 unspecified atom stereocenters. The molecule has 1 saturated heterocycles. The average Bonchev–Trinajstić information content (AvgIpc) is 3.40. The molecule has 0 bridgehead atoms. The van der Waals surface area contributed by atoms with Crippen molar-refractivity contribution in [1.82, 2.24) is 19.9 Å². The van der Waals surface area contributed by atoms with Gasteiger partial charge in [-0.25, -0.2) is 0 Å². The number of nitrogens with zero attached hydrogens (tertiary/aromatic N) is 4. The summed E-state index contributed by atoms with van der Waals surface area (Å²) in [7, 11) is 0. The lowest BCUT2D eigenvalue weighted by Gasteiger charge is -2.33. The van der Waals surface area contributed by atoms with E-state index in [-0.39, 0.29) is 17.7 Å². The van der Waals surface area contributed by atoms with Crippen LogP contribution in [0.3, 0.4) is 0 Å². The van der Waals surface area contributed by atoms with E-state index in [0.29, 0.717) is 44.1 Å². The Kier molecular flexibility index (Phi) is 7.19. The maximum atomic E-state index is 12.5. The zero-order valence-electron chi connectivity index (χ0n) is 16.6. The lowest BCUT2D eigenvalue weighted by atomic mass is 9.95. The largest absolute Gasteiger partial charge is 0.343 e. The topological polar surface area (TPSA) is 79.5 Å². The van der Waals surface area contributed by atoms with Crippen LogP contribution in [0.4, 0.5) is 0 Å². The van der Waals surface area contributed by atoms with Crippen molar-refractivity contribution in [3.05, 3.63) is 23.4 Å². The van der Waals surface area contributed by atoms with Gasteiger partial charge in [0.2, 0.25) is 23.5 Å². The fraction of sp³-hybridized carbons (Fsp3) is 0.600. The van der Waals surface area contributed by atoms with E-state index in [4.69, 9.17) is 4.52 Å². The predicted octanol–water partition coefficient (Wildman–Crippen LogP) is 3.23. The molecule has 28 heavy (non-hydrogen) atoms. The quantitative estimate of drug-likeness (QED) is 0.675. The summed E-state index contributed by atoms with van der Waals surface area (Å²) >= 11 is 1.57. The van der Waals surface area contributed by atoms with Gasteiger partial charge in [-0.15, -0.1) is 11.3 Å². The summed E-state index contributed by atoms with van der Waals surface area (Å²) in [6, 6.07) is 3.91. The first-order chi connectivity index (χ1) is 13.6. The maximum Gasteiger partial charge on any atom is 0.226 e. The average molecular weight is 405 g/mol. The molecule has 0 N–H and O–H groups in total. The number of likely N-dealkylation sites (tertiary alicyclic amines) is 1. The highest BCUT2D eigenvalue weighted by molar-refractivity contribution is 7.13. The Morgan fingerprint density at radius 2 is 2.04 bits per heavy atom. The smallest absolute Gasteiger partial charge is 0.226 e. The fourth-order valence-electron chi connectivity index (χ4n) is 3.58. The zero-order chi connectivity index (χ0) is 19.9. The van der Waals surface area contributed by atoms with Gasteiger partial charge < -0.3 is 14.3 Å². The van der Waals surface area contributed by atoms with Gasteiger partial charge in [-0.2, -0.15) is 4.98 Å². The van der Waals surface area contributed by atoms with Crippen LogP contribution in [0.25, 0.3) is 10.7 Å². The molecule has 2 aromatic rings. The maximum absolute atomic E-state index is 12.5. The predicted molar refractivity (Wildman–Crippen MR) is 108 cm³/mol. The molecule has 2 aromatic heterocycles. The van der Waals surface area contributed by atoms with E-state index in [2.05, 4.69) is 10.1 Å². The van der Waals surface area contributed by atoms with Crippen LogP contribution < -0.4 is 0 Å². The van der Waals surface area contributed by atoms with E-state index in [1.54, 1.807) is 11.3 Å². The van der Waals surface area contributed by atoms with Crippen LogP contribution in [0.15, 0.2) is 22.0 Å². The standard InChI is InChI=1S/C20H28N4O3S/c1-3-23(4-2)20(26)15-10-12-24(13-11-15)18(25)9-5-8-17-21-19(22-27-17)16-7-6-14-28-16/h6-7,14-15H,3-5,8-13H2,1-2H3. The van der Waals surface area contributed by atoms with Gasteiger partial charge >= 0.3 is 0 Å². The van der Waals surface area contributed by atoms with Crippen molar-refractivity contribution < 1.29 is 14.1 Å². The van der Waals surface area contributed by atoms with Gasteiger partial charge in [0.1, 0.15) is 0 Å². The fourth-order valence-corrected chi connectivity index (χ4v) is 4.23. The highest BCUT2D eigenvalue weighted by Crippen LogP contribution is 2.22. The van der Waals surface area contributed by atoms with Crippen LogP contribution in [0, 0.1) is 5.92 Å². The van der Waals surface area contributed by atoms with Crippen molar-refractivity contribution in [2.45, 2.75) is 46.0 Å². The molecule has 152 valence electrons. The molecule has 0 spiro atoms. The Labute approximate surface area is 169 Å². The summed E-state index contributed by atoms with van der Waals surface area (Å²) < 4.78 is 5.28. The third-order valence-corrected chi connectivity index (χ3v) is 6.13. The van der Waals surface area contributed by atoms with Crippen molar-refractivity contribution in [1.29, 1.82) is 0 Å². The number of carbonyl (C=O) groups is 2. The van der Waals surface area contributed by atoms with E-state index >= 15 is 0 Å². The molecule has 1 aliphatic rings. The molecule has 3 heterocycles. The number of hydrogen-bond acceptors (Lipinski definition) is 6. The second kappa shape index (κ2) is 9.82. The van der Waals surface area contributed by atoms with Crippen LogP contribution in [0.2, 0.25) is 0 Å². The Bertz CT molecular complexity index is 762. The number of piperidine rings is 1. The molecule has 0 radical (unpaired) electrons. The Hall–Kier alpha value is -2.22. The molecule has 0 aliphatic carbocycles. The number of amides is 2. The number of rotatable bonds is 8. The third kappa shape index (κ3) is 4.98. The third-order valence-electron chi connectivity index (χ3n) is 5.26. The summed E-state index contributed by atoms with van der Waals surface area (Å²) in [4.78, 5) is 34.1. The van der Waals surface area contributed by atoms with Gasteiger partial charge in [-0.1, -0.05) is 11.2 Å². The number of hydrogen-bond donors (Lipinski definition) is 0. The van der Waals surface area contributed by atoms with Crippen molar-refractivity contribution in [3.8, 4) is 10.7 Å². The minimum absolute atomic E-state index is 0.0537. The van der Waals surface area contributed by atoms with E-state index in [9.17, 15) is 9.59 Å². The Morgan fingerprint density at radius 1 is 1.29 bits per heavy atom. The molecule has 8 heteroatoms. The summed E-state index contributed by atoms with van der Waals surface area (Å²) in [6.45, 7) is 6.84. The summed E-state index contributed by atoms with van der Waals surface area (Å²) in [6.07, 6.45) is 3.26. The highest BCUT2D eigenvalue weighted by Gasteiger charge is 2.29. The molecular weight excluding hydrogens is 376 g/mol. The summed E-state index contributed by atoms with van der Waals surface area (Å²) in [5.74, 6) is 1.61. The van der Waals surface area contributed by atoms with Crippen LogP contribution >= 0.6 is 11.3 Å². The highest BCUT2D eigenvalue weighted by atomic mass is 32.1. The first-order valence-electron chi connectivity index (χ1n) is 10.0. The number of carbonyl (C=O) groups excluding carboxylic acids is 2. The van der Waals surface area contributed by atoms with E-state index < -0.39 is 0 Å². The lowest BCUT2D eigenvalue weighted by Crippen LogP contribution is -2.44. The molecule has 1 fully saturated rings. The first-order valence-corrected chi connectivity index (χ1v) is 10.9. The van der Waals surface area contributed by atoms with Gasteiger partial charge in [0.25, 0.3) is 0 Å². The van der Waals surface area contributed by atoms with E-state index in [1.165, 1.54) is 0 Å². The van der Waals surface area contributed by atoms with Crippen molar-refractivity contribution in [3.63, 3.8) is 0 Å². The summed E-state index contributed by atoms with van der Waals surface area (Å²) in [5.41, 5.74) is 0. The minimum Gasteiger partial charge on any atom is -0.343 e. The SMILES string of the molecule is CCN(CC)C(=O)C1CCN(C(=O)CCCc2nc(-c3cccs3)no2)CC1. The van der Waals surface area contributed by atoms with Crippen LogP contribution in [0.1, 0.15) is 45.4 Å². The van der Waals surface area contributed by atoms with Crippen LogP contribution in [0.5, 0.6) is 0 Å². The molecule has 1 aliphatic heterocycles. The minimum atomic E-state index is 0.0537. The number of aryl methyl sites for hydroxylation is 1. The van der Waals surface area contributed by atoms with Crippen molar-refractivity contribution in [2.24, 2.45) is 5.92 Å². The summed E-state index contributed by atoms with van der Waals surface area (Å²) in [5, 5.41) is 5.97. The normalized spacial score (nSPS) is 15.0. The van der Waals surface area contributed by atoms with E-state index in [0.717, 1.165) is 30.8 Å². The Morgan fingerprint density at radius 3 is 2.68 bits per heavy atom. The lowest BCUT2D eigenvalue weighted by molar-refractivity contribution is -0.140. The van der Waals surface area contributed by atoms with Gasteiger partial charge in [0.05, 0.1) is 4.88 Å². The van der Waals surface area contributed by atoms with Crippen molar-refractivity contribution >= 4 is 23.2 Å². The molecule has 0 saturated carbocycles. The molecule has 0 atom stereocenters. The Balaban J connectivity index is 1.40. The van der Waals surface area contributed by atoms with Crippen molar-refractivity contribution in [2.75, 3.05) is 26.2 Å². The molecular formula is C20H28N4O3S. The van der Waals surface area contributed by atoms with Gasteiger partial charge in [-0.3, -0.25) is 9.59 Å².